The predicted molar refractivity (Wildman–Crippen MR) is 179 cm³/mol. The SMILES string of the molecule is O=C(Nc1ccc(SC2CC(=O)N(c3ccc(I)cc3)C2=O)cc1)/C(=C/c1cccc(Cl)c1Cl)NC(=O)c1ccccc1. The van der Waals surface area contributed by atoms with Gasteiger partial charge in [-0.1, -0.05) is 53.5 Å². The largest absolute Gasteiger partial charge is 0.321 e. The first-order valence-electron chi connectivity index (χ1n) is 12.9. The van der Waals surface area contributed by atoms with Crippen LogP contribution in [0.1, 0.15) is 22.3 Å². The van der Waals surface area contributed by atoms with E-state index in [-0.39, 0.29) is 29.0 Å². The lowest BCUT2D eigenvalue weighted by Crippen LogP contribution is -2.31. The lowest BCUT2D eigenvalue weighted by Gasteiger charge is -2.15. The maximum atomic E-state index is 13.4. The van der Waals surface area contributed by atoms with Gasteiger partial charge in [0.2, 0.25) is 11.8 Å². The molecule has 0 aliphatic carbocycles. The molecule has 0 aromatic heterocycles. The summed E-state index contributed by atoms with van der Waals surface area (Å²) in [4.78, 5) is 53.9. The van der Waals surface area contributed by atoms with Gasteiger partial charge in [0.1, 0.15) is 5.70 Å². The van der Waals surface area contributed by atoms with Gasteiger partial charge in [-0.3, -0.25) is 19.2 Å². The molecule has 5 rings (SSSR count). The summed E-state index contributed by atoms with van der Waals surface area (Å²) in [6.45, 7) is 0. The van der Waals surface area contributed by atoms with Crippen molar-refractivity contribution in [3.05, 3.63) is 128 Å². The number of rotatable bonds is 8. The van der Waals surface area contributed by atoms with Crippen molar-refractivity contribution in [1.82, 2.24) is 5.32 Å². The van der Waals surface area contributed by atoms with Crippen molar-refractivity contribution < 1.29 is 19.2 Å². The number of nitrogens with zero attached hydrogens (tertiary/aromatic N) is 1. The Kier molecular flexibility index (Phi) is 9.86. The average Bonchev–Trinajstić information content (AvgIpc) is 3.28. The first-order valence-corrected chi connectivity index (χ1v) is 15.6. The molecule has 1 saturated heterocycles. The van der Waals surface area contributed by atoms with Crippen LogP contribution in [0.15, 0.2) is 108 Å². The summed E-state index contributed by atoms with van der Waals surface area (Å²) >= 11 is 15.9. The first kappa shape index (κ1) is 30.8. The molecule has 4 aromatic rings. The van der Waals surface area contributed by atoms with E-state index in [1.54, 1.807) is 84.9 Å². The van der Waals surface area contributed by atoms with Crippen LogP contribution in [0.4, 0.5) is 11.4 Å². The van der Waals surface area contributed by atoms with E-state index in [2.05, 4.69) is 33.2 Å². The summed E-state index contributed by atoms with van der Waals surface area (Å²) in [7, 11) is 0. The second-order valence-corrected chi connectivity index (χ2v) is 12.7. The molecule has 0 spiro atoms. The lowest BCUT2D eigenvalue weighted by atomic mass is 10.1. The van der Waals surface area contributed by atoms with Gasteiger partial charge in [0.05, 0.1) is 21.0 Å². The molecule has 1 heterocycles. The van der Waals surface area contributed by atoms with Gasteiger partial charge in [0, 0.05) is 26.1 Å². The number of nitrogens with one attached hydrogen (secondary N) is 2. The Hall–Kier alpha value is -3.64. The Morgan fingerprint density at radius 3 is 2.28 bits per heavy atom. The van der Waals surface area contributed by atoms with E-state index in [9.17, 15) is 19.2 Å². The fraction of sp³-hybridized carbons (Fsp3) is 0.0625. The number of imide groups is 1. The number of thioether (sulfide) groups is 1. The van der Waals surface area contributed by atoms with Crippen LogP contribution in [-0.2, 0) is 14.4 Å². The summed E-state index contributed by atoms with van der Waals surface area (Å²) in [5.41, 5.74) is 1.80. The molecule has 7 nitrogen and oxygen atoms in total. The van der Waals surface area contributed by atoms with Gasteiger partial charge in [-0.15, -0.1) is 11.8 Å². The molecule has 11 heteroatoms. The Labute approximate surface area is 275 Å². The Morgan fingerprint density at radius 2 is 1.58 bits per heavy atom. The van der Waals surface area contributed by atoms with Crippen LogP contribution < -0.4 is 15.5 Å². The maximum absolute atomic E-state index is 13.4. The highest BCUT2D eigenvalue weighted by Crippen LogP contribution is 2.34. The fourth-order valence-electron chi connectivity index (χ4n) is 4.27. The van der Waals surface area contributed by atoms with Gasteiger partial charge >= 0.3 is 0 Å². The van der Waals surface area contributed by atoms with Crippen molar-refractivity contribution in [1.29, 1.82) is 0 Å². The molecule has 1 aliphatic heterocycles. The van der Waals surface area contributed by atoms with E-state index in [4.69, 9.17) is 23.2 Å². The number of amides is 4. The van der Waals surface area contributed by atoms with E-state index in [0.717, 1.165) is 8.47 Å². The molecule has 0 saturated carbocycles. The highest BCUT2D eigenvalue weighted by atomic mass is 127. The monoisotopic (exact) mass is 741 g/mol. The summed E-state index contributed by atoms with van der Waals surface area (Å²) in [6, 6.07) is 27.6. The predicted octanol–water partition coefficient (Wildman–Crippen LogP) is 7.43. The minimum absolute atomic E-state index is 0.0396. The third-order valence-corrected chi connectivity index (χ3v) is 9.14. The fourth-order valence-corrected chi connectivity index (χ4v) is 6.04. The van der Waals surface area contributed by atoms with Crippen LogP contribution in [0.5, 0.6) is 0 Å². The normalized spacial score (nSPS) is 15.0. The molecule has 0 radical (unpaired) electrons. The van der Waals surface area contributed by atoms with Crippen LogP contribution in [-0.4, -0.2) is 28.9 Å². The standard InChI is InChI=1S/C32H22Cl2IN3O4S/c33-25-8-4-7-20(29(25)34)17-26(37-30(40)19-5-2-1-3-6-19)31(41)36-22-11-15-24(16-12-22)43-27-18-28(39)38(32(27)42)23-13-9-21(35)10-14-23/h1-17,27H,18H2,(H,36,41)(H,37,40)/b26-17-. The number of anilines is 2. The molecular weight excluding hydrogens is 720 g/mol. The zero-order valence-electron chi connectivity index (χ0n) is 22.2. The van der Waals surface area contributed by atoms with Crippen molar-refractivity contribution in [2.75, 3.05) is 10.2 Å². The molecule has 1 fully saturated rings. The van der Waals surface area contributed by atoms with Gasteiger partial charge in [0.15, 0.2) is 0 Å². The van der Waals surface area contributed by atoms with Crippen molar-refractivity contribution in [2.45, 2.75) is 16.6 Å². The number of halogens is 3. The van der Waals surface area contributed by atoms with Crippen LogP contribution in [0.2, 0.25) is 10.0 Å². The van der Waals surface area contributed by atoms with Crippen LogP contribution >= 0.6 is 57.6 Å². The zero-order chi connectivity index (χ0) is 30.5. The Bertz CT molecular complexity index is 1730. The number of hydrogen-bond donors (Lipinski definition) is 2. The lowest BCUT2D eigenvalue weighted by molar-refractivity contribution is -0.121. The quantitative estimate of drug-likeness (QED) is 0.111. The molecule has 0 bridgehead atoms. The molecule has 4 amide bonds. The van der Waals surface area contributed by atoms with E-state index >= 15 is 0 Å². The summed E-state index contributed by atoms with van der Waals surface area (Å²) in [6.07, 6.45) is 1.55. The van der Waals surface area contributed by atoms with Gasteiger partial charge in [-0.05, 0) is 101 Å². The first-order chi connectivity index (χ1) is 20.7. The Balaban J connectivity index is 1.30. The van der Waals surface area contributed by atoms with Crippen molar-refractivity contribution in [2.24, 2.45) is 0 Å². The summed E-state index contributed by atoms with van der Waals surface area (Å²) < 4.78 is 1.01. The summed E-state index contributed by atoms with van der Waals surface area (Å²) in [5.74, 6) is -1.56. The maximum Gasteiger partial charge on any atom is 0.272 e. The van der Waals surface area contributed by atoms with E-state index in [0.29, 0.717) is 27.5 Å². The minimum Gasteiger partial charge on any atom is -0.321 e. The highest BCUT2D eigenvalue weighted by molar-refractivity contribution is 14.1. The molecular formula is C32H22Cl2IN3O4S. The second kappa shape index (κ2) is 13.8. The smallest absolute Gasteiger partial charge is 0.272 e. The van der Waals surface area contributed by atoms with Crippen LogP contribution in [0, 0.1) is 3.57 Å². The second-order valence-electron chi connectivity index (χ2n) is 9.35. The summed E-state index contributed by atoms with van der Waals surface area (Å²) in [5, 5.41) is 5.44. The number of hydrogen-bond acceptors (Lipinski definition) is 5. The molecule has 1 atom stereocenters. The molecule has 216 valence electrons. The van der Waals surface area contributed by atoms with Gasteiger partial charge < -0.3 is 10.6 Å². The third kappa shape index (κ3) is 7.48. The van der Waals surface area contributed by atoms with Crippen molar-refractivity contribution >= 4 is 98.6 Å². The van der Waals surface area contributed by atoms with Crippen molar-refractivity contribution in [3.8, 4) is 0 Å². The third-order valence-electron chi connectivity index (χ3n) is 6.39. The Morgan fingerprint density at radius 1 is 0.884 bits per heavy atom. The zero-order valence-corrected chi connectivity index (χ0v) is 26.7. The molecule has 4 aromatic carbocycles. The number of carbonyl (C=O) groups is 4. The van der Waals surface area contributed by atoms with E-state index in [1.807, 2.05) is 12.1 Å². The van der Waals surface area contributed by atoms with Gasteiger partial charge in [-0.25, -0.2) is 4.90 Å². The van der Waals surface area contributed by atoms with Crippen molar-refractivity contribution in [3.63, 3.8) is 0 Å². The number of benzene rings is 4. The topological polar surface area (TPSA) is 95.6 Å². The van der Waals surface area contributed by atoms with Gasteiger partial charge in [-0.2, -0.15) is 0 Å². The van der Waals surface area contributed by atoms with Crippen LogP contribution in [0.3, 0.4) is 0 Å². The molecule has 1 unspecified atom stereocenters. The van der Waals surface area contributed by atoms with Crippen LogP contribution in [0.25, 0.3) is 6.08 Å². The minimum atomic E-state index is -0.578. The molecule has 43 heavy (non-hydrogen) atoms. The molecule has 1 aliphatic rings. The van der Waals surface area contributed by atoms with E-state index in [1.165, 1.54) is 22.7 Å². The number of carbonyl (C=O) groups excluding carboxylic acids is 4. The molecule has 2 N–H and O–H groups in total. The van der Waals surface area contributed by atoms with E-state index < -0.39 is 17.1 Å². The highest BCUT2D eigenvalue weighted by Gasteiger charge is 2.40. The van der Waals surface area contributed by atoms with Gasteiger partial charge in [0.25, 0.3) is 11.8 Å². The average molecular weight is 742 g/mol.